The molecule has 0 aliphatic heterocycles. The molecule has 0 saturated heterocycles. The summed E-state index contributed by atoms with van der Waals surface area (Å²) in [4.78, 5) is 0. The fourth-order valence-corrected chi connectivity index (χ4v) is 8.31. The largest absolute Gasteiger partial charge is 0.393 e. The molecule has 0 radical (unpaired) electrons. The average molecular weight is 405 g/mol. The van der Waals surface area contributed by atoms with Crippen LogP contribution >= 0.6 is 0 Å². The Morgan fingerprint density at radius 1 is 1.03 bits per heavy atom. The van der Waals surface area contributed by atoms with Gasteiger partial charge in [-0.3, -0.25) is 0 Å². The lowest BCUT2D eigenvalue weighted by Gasteiger charge is -2.55. The van der Waals surface area contributed by atoms with Gasteiger partial charge in [0.2, 0.25) is 0 Å². The van der Waals surface area contributed by atoms with Gasteiger partial charge in [-0.1, -0.05) is 73.9 Å². The van der Waals surface area contributed by atoms with E-state index in [4.69, 9.17) is 0 Å². The van der Waals surface area contributed by atoms with E-state index in [1.165, 1.54) is 55.2 Å². The molecule has 1 heteroatoms. The first kappa shape index (κ1) is 20.6. The zero-order valence-corrected chi connectivity index (χ0v) is 19.5. The number of rotatable bonds is 3. The molecule has 3 saturated carbocycles. The Morgan fingerprint density at radius 3 is 2.67 bits per heavy atom. The topological polar surface area (TPSA) is 20.2 Å². The van der Waals surface area contributed by atoms with Crippen molar-refractivity contribution in [1.82, 2.24) is 0 Å². The van der Waals surface area contributed by atoms with Gasteiger partial charge >= 0.3 is 0 Å². The summed E-state index contributed by atoms with van der Waals surface area (Å²) < 4.78 is 0. The molecule has 1 aromatic carbocycles. The number of allylic oxidation sites excluding steroid dienone is 3. The Morgan fingerprint density at radius 2 is 1.87 bits per heavy atom. The summed E-state index contributed by atoms with van der Waals surface area (Å²) in [5.41, 5.74) is 6.97. The van der Waals surface area contributed by atoms with Gasteiger partial charge in [-0.2, -0.15) is 0 Å². The molecule has 0 heterocycles. The summed E-state index contributed by atoms with van der Waals surface area (Å²) in [5.74, 6) is 3.06. The first-order valence-electron chi connectivity index (χ1n) is 12.5. The van der Waals surface area contributed by atoms with E-state index in [1.54, 1.807) is 5.57 Å². The minimum absolute atomic E-state index is 0.119. The van der Waals surface area contributed by atoms with Crippen molar-refractivity contribution in [3.8, 4) is 0 Å². The number of hydrogen-bond acceptors (Lipinski definition) is 1. The van der Waals surface area contributed by atoms with Crippen LogP contribution in [0.2, 0.25) is 0 Å². The van der Waals surface area contributed by atoms with Gasteiger partial charge in [0.25, 0.3) is 0 Å². The van der Waals surface area contributed by atoms with Crippen molar-refractivity contribution < 1.29 is 5.11 Å². The Balaban J connectivity index is 1.40. The van der Waals surface area contributed by atoms with E-state index in [2.05, 4.69) is 64.1 Å². The summed E-state index contributed by atoms with van der Waals surface area (Å²) in [6, 6.07) is 9.14. The molecular weight excluding hydrogens is 364 g/mol. The normalized spacial score (nSPS) is 41.2. The lowest BCUT2D eigenvalue weighted by atomic mass is 9.50. The second kappa shape index (κ2) is 7.37. The predicted octanol–water partition coefficient (Wildman–Crippen LogP) is 7.03. The van der Waals surface area contributed by atoms with E-state index in [0.717, 1.165) is 30.6 Å². The molecule has 162 valence electrons. The highest BCUT2D eigenvalue weighted by molar-refractivity contribution is 5.39. The second-order valence-electron chi connectivity index (χ2n) is 11.7. The van der Waals surface area contributed by atoms with Gasteiger partial charge in [-0.25, -0.2) is 0 Å². The highest BCUT2D eigenvalue weighted by atomic mass is 16.3. The van der Waals surface area contributed by atoms with E-state index in [0.29, 0.717) is 16.7 Å². The third-order valence-electron chi connectivity index (χ3n) is 9.94. The minimum atomic E-state index is -0.119. The monoisotopic (exact) mass is 404 g/mol. The third-order valence-corrected chi connectivity index (χ3v) is 9.94. The van der Waals surface area contributed by atoms with Crippen LogP contribution in [0.1, 0.15) is 76.8 Å². The molecular formula is C29H40O. The highest BCUT2D eigenvalue weighted by Crippen LogP contribution is 2.66. The van der Waals surface area contributed by atoms with Crippen molar-refractivity contribution >= 4 is 0 Å². The lowest BCUT2D eigenvalue weighted by Crippen LogP contribution is -2.46. The van der Waals surface area contributed by atoms with Crippen LogP contribution in [0.15, 0.2) is 47.6 Å². The second-order valence-corrected chi connectivity index (χ2v) is 11.7. The van der Waals surface area contributed by atoms with Gasteiger partial charge in [0.05, 0.1) is 6.10 Å². The van der Waals surface area contributed by atoms with Crippen molar-refractivity contribution in [2.75, 3.05) is 0 Å². The van der Waals surface area contributed by atoms with Gasteiger partial charge < -0.3 is 5.11 Å². The van der Waals surface area contributed by atoms with Gasteiger partial charge in [-0.05, 0) is 98.4 Å². The van der Waals surface area contributed by atoms with E-state index in [-0.39, 0.29) is 6.10 Å². The third kappa shape index (κ3) is 3.15. The summed E-state index contributed by atoms with van der Waals surface area (Å²) in [6.45, 7) is 9.87. The molecule has 5 rings (SSSR count). The molecule has 1 N–H and O–H groups in total. The molecule has 4 aliphatic rings. The van der Waals surface area contributed by atoms with E-state index in [1.807, 2.05) is 0 Å². The van der Waals surface area contributed by atoms with Crippen molar-refractivity contribution in [2.24, 2.45) is 34.5 Å². The molecule has 0 amide bonds. The Hall–Kier alpha value is -1.34. The van der Waals surface area contributed by atoms with Gasteiger partial charge in [0.15, 0.2) is 0 Å². The van der Waals surface area contributed by atoms with Crippen molar-refractivity contribution in [2.45, 2.75) is 85.2 Å². The summed E-state index contributed by atoms with van der Waals surface area (Å²) in [7, 11) is 0. The molecule has 0 aromatic heterocycles. The fraction of sp³-hybridized carbons (Fsp3) is 0.655. The van der Waals surface area contributed by atoms with E-state index in [9.17, 15) is 5.11 Å². The predicted molar refractivity (Wildman–Crippen MR) is 125 cm³/mol. The first-order chi connectivity index (χ1) is 14.3. The molecule has 0 bridgehead atoms. The number of benzene rings is 1. The molecule has 1 unspecified atom stereocenters. The van der Waals surface area contributed by atoms with Crippen molar-refractivity contribution in [3.63, 3.8) is 0 Å². The fourth-order valence-electron chi connectivity index (χ4n) is 8.31. The Kier molecular flexibility index (Phi) is 5.05. The van der Waals surface area contributed by atoms with Crippen molar-refractivity contribution in [3.05, 3.63) is 58.7 Å². The van der Waals surface area contributed by atoms with Crippen LogP contribution in [-0.4, -0.2) is 11.2 Å². The molecule has 0 spiro atoms. The number of aliphatic hydroxyl groups excluding tert-OH is 1. The SMILES string of the molecule is Cc1cccc(C[C@@H](C)[C@H]2CC[C@H]3C4=CC=C5CC(O)CC[C@]5(C)[C@H]4CC[C@]23C)c1. The summed E-state index contributed by atoms with van der Waals surface area (Å²) >= 11 is 0. The van der Waals surface area contributed by atoms with Gasteiger partial charge in [-0.15, -0.1) is 0 Å². The van der Waals surface area contributed by atoms with Gasteiger partial charge in [0, 0.05) is 0 Å². The first-order valence-corrected chi connectivity index (χ1v) is 12.5. The summed E-state index contributed by atoms with van der Waals surface area (Å²) in [5, 5.41) is 10.2. The molecule has 30 heavy (non-hydrogen) atoms. The van der Waals surface area contributed by atoms with Crippen LogP contribution in [-0.2, 0) is 6.42 Å². The Bertz CT molecular complexity index is 878. The van der Waals surface area contributed by atoms with E-state index < -0.39 is 0 Å². The molecule has 3 fully saturated rings. The number of aryl methyl sites for hydroxylation is 1. The van der Waals surface area contributed by atoms with Crippen LogP contribution in [0.5, 0.6) is 0 Å². The average Bonchev–Trinajstić information content (AvgIpc) is 3.06. The Labute approximate surface area is 183 Å². The maximum absolute atomic E-state index is 10.2. The zero-order chi connectivity index (χ0) is 21.1. The van der Waals surface area contributed by atoms with Crippen LogP contribution in [0, 0.1) is 41.4 Å². The van der Waals surface area contributed by atoms with Crippen LogP contribution in [0.25, 0.3) is 0 Å². The van der Waals surface area contributed by atoms with Crippen molar-refractivity contribution in [1.29, 1.82) is 0 Å². The highest BCUT2D eigenvalue weighted by Gasteiger charge is 2.56. The minimum Gasteiger partial charge on any atom is -0.393 e. The molecule has 4 aliphatic carbocycles. The van der Waals surface area contributed by atoms with Crippen LogP contribution in [0.4, 0.5) is 0 Å². The number of fused-ring (bicyclic) bond motifs is 5. The maximum Gasteiger partial charge on any atom is 0.0578 e. The molecule has 1 aromatic rings. The number of aliphatic hydroxyl groups is 1. The quantitative estimate of drug-likeness (QED) is 0.573. The standard InChI is InChI=1S/C29H40O/c1-19-6-5-7-21(16-19)17-20(2)25-10-11-26-24-9-8-22-18-23(30)12-14-28(22,3)27(24)13-15-29(25,26)4/h5-9,16,20,23,25-27,30H,10-15,17-18H2,1-4H3/t20-,23?,25-,26+,27+,28+,29-/m1/s1. The van der Waals surface area contributed by atoms with Crippen LogP contribution in [0.3, 0.4) is 0 Å². The lowest BCUT2D eigenvalue weighted by molar-refractivity contribution is 0.0337. The smallest absolute Gasteiger partial charge is 0.0578 e. The van der Waals surface area contributed by atoms with Crippen LogP contribution < -0.4 is 0 Å². The van der Waals surface area contributed by atoms with E-state index >= 15 is 0 Å². The molecule has 7 atom stereocenters. The summed E-state index contributed by atoms with van der Waals surface area (Å²) in [6.07, 6.45) is 14.6. The number of hydrogen-bond donors (Lipinski definition) is 1. The molecule has 1 nitrogen and oxygen atoms in total. The maximum atomic E-state index is 10.2. The van der Waals surface area contributed by atoms with Gasteiger partial charge in [0.1, 0.15) is 0 Å². The zero-order valence-electron chi connectivity index (χ0n) is 19.5.